The molecule has 0 aliphatic rings. The van der Waals surface area contributed by atoms with Gasteiger partial charge in [-0.2, -0.15) is 15.1 Å². The average Bonchev–Trinajstić information content (AvgIpc) is 2.56. The van der Waals surface area contributed by atoms with E-state index in [0.29, 0.717) is 16.7 Å². The van der Waals surface area contributed by atoms with Gasteiger partial charge in [-0.15, -0.1) is 0 Å². The van der Waals surface area contributed by atoms with Crippen molar-refractivity contribution in [3.05, 3.63) is 41.6 Å². The number of nitrogens with one attached hydrogen (secondary N) is 2. The topological polar surface area (TPSA) is 80.7 Å². The molecule has 7 nitrogen and oxygen atoms in total. The zero-order chi connectivity index (χ0) is 17.4. The number of ether oxygens (including phenoxy) is 2. The largest absolute Gasteiger partial charge is 0.481 e. The molecule has 1 aromatic carbocycles. The van der Waals surface area contributed by atoms with Crippen molar-refractivity contribution < 1.29 is 9.47 Å². The van der Waals surface area contributed by atoms with Crippen LogP contribution in [0.3, 0.4) is 0 Å². The Labute approximate surface area is 146 Å². The number of hydrogen-bond acceptors (Lipinski definition) is 6. The SMILES string of the molecule is CCNC(=S)N/N=C/c1ccccc1Oc1nc(C)cc(OC)n1. The van der Waals surface area contributed by atoms with E-state index >= 15 is 0 Å². The number of methoxy groups -OCH3 is 1. The van der Waals surface area contributed by atoms with E-state index in [1.165, 1.54) is 0 Å². The van der Waals surface area contributed by atoms with Gasteiger partial charge in [0, 0.05) is 23.9 Å². The maximum Gasteiger partial charge on any atom is 0.325 e. The number of rotatable bonds is 6. The zero-order valence-electron chi connectivity index (χ0n) is 13.7. The van der Waals surface area contributed by atoms with Crippen LogP contribution in [0.2, 0.25) is 0 Å². The van der Waals surface area contributed by atoms with Crippen LogP contribution >= 0.6 is 12.2 Å². The summed E-state index contributed by atoms with van der Waals surface area (Å²) in [5, 5.41) is 7.49. The first-order valence-electron chi connectivity index (χ1n) is 7.36. The van der Waals surface area contributed by atoms with E-state index in [4.69, 9.17) is 21.7 Å². The molecule has 0 radical (unpaired) electrons. The Kier molecular flexibility index (Phi) is 6.44. The molecule has 0 saturated carbocycles. The Balaban J connectivity index is 2.15. The van der Waals surface area contributed by atoms with Crippen molar-refractivity contribution in [1.29, 1.82) is 0 Å². The second-order valence-electron chi connectivity index (χ2n) is 4.70. The van der Waals surface area contributed by atoms with Gasteiger partial charge >= 0.3 is 6.01 Å². The Hall–Kier alpha value is -2.74. The van der Waals surface area contributed by atoms with Crippen LogP contribution < -0.4 is 20.2 Å². The van der Waals surface area contributed by atoms with E-state index in [1.807, 2.05) is 38.1 Å². The number of hydrogen-bond donors (Lipinski definition) is 2. The van der Waals surface area contributed by atoms with Crippen molar-refractivity contribution in [2.45, 2.75) is 13.8 Å². The fourth-order valence-electron chi connectivity index (χ4n) is 1.80. The molecule has 2 rings (SSSR count). The highest BCUT2D eigenvalue weighted by Crippen LogP contribution is 2.23. The first-order chi connectivity index (χ1) is 11.6. The van der Waals surface area contributed by atoms with Crippen LogP contribution in [0.1, 0.15) is 18.2 Å². The van der Waals surface area contributed by atoms with Gasteiger partial charge in [0.05, 0.1) is 13.3 Å². The third-order valence-corrected chi connectivity index (χ3v) is 3.08. The van der Waals surface area contributed by atoms with Crippen LogP contribution in [-0.2, 0) is 0 Å². The van der Waals surface area contributed by atoms with E-state index in [9.17, 15) is 0 Å². The number of hydrazone groups is 1. The molecule has 0 atom stereocenters. The third kappa shape index (κ3) is 5.17. The lowest BCUT2D eigenvalue weighted by atomic mass is 10.2. The van der Waals surface area contributed by atoms with Crippen molar-refractivity contribution >= 4 is 23.5 Å². The van der Waals surface area contributed by atoms with E-state index < -0.39 is 0 Å². The lowest BCUT2D eigenvalue weighted by molar-refractivity contribution is 0.375. The summed E-state index contributed by atoms with van der Waals surface area (Å²) in [7, 11) is 1.55. The standard InChI is InChI=1S/C16H19N5O2S/c1-4-17-16(24)21-18-10-12-7-5-6-8-13(12)23-15-19-11(2)9-14(20-15)22-3/h5-10H,4H2,1-3H3,(H2,17,21,24)/b18-10+. The van der Waals surface area contributed by atoms with E-state index in [-0.39, 0.29) is 6.01 Å². The molecule has 1 aromatic heterocycles. The Morgan fingerprint density at radius 2 is 2.12 bits per heavy atom. The Morgan fingerprint density at radius 3 is 2.88 bits per heavy atom. The summed E-state index contributed by atoms with van der Waals surface area (Å²) in [4.78, 5) is 8.42. The van der Waals surface area contributed by atoms with Gasteiger partial charge in [-0.25, -0.2) is 0 Å². The smallest absolute Gasteiger partial charge is 0.325 e. The Bertz CT molecular complexity index is 736. The number of benzene rings is 1. The van der Waals surface area contributed by atoms with Crippen molar-refractivity contribution in [3.8, 4) is 17.6 Å². The fraction of sp³-hybridized carbons (Fsp3) is 0.250. The molecule has 1 heterocycles. The van der Waals surface area contributed by atoms with Crippen molar-refractivity contribution in [3.63, 3.8) is 0 Å². The average molecular weight is 345 g/mol. The van der Waals surface area contributed by atoms with Gasteiger partial charge in [-0.3, -0.25) is 5.43 Å². The molecule has 0 bridgehead atoms. The second kappa shape index (κ2) is 8.78. The van der Waals surface area contributed by atoms with Crippen molar-refractivity contribution in [2.24, 2.45) is 5.10 Å². The molecule has 0 spiro atoms. The first kappa shape index (κ1) is 17.6. The lowest BCUT2D eigenvalue weighted by Crippen LogP contribution is -2.31. The number of aryl methyl sites for hydroxylation is 1. The van der Waals surface area contributed by atoms with Gasteiger partial charge in [-0.1, -0.05) is 12.1 Å². The van der Waals surface area contributed by atoms with Gasteiger partial charge in [-0.05, 0) is 38.2 Å². The van der Waals surface area contributed by atoms with Gasteiger partial charge in [0.1, 0.15) is 5.75 Å². The molecule has 2 N–H and O–H groups in total. The van der Waals surface area contributed by atoms with Crippen molar-refractivity contribution in [2.75, 3.05) is 13.7 Å². The minimum absolute atomic E-state index is 0.212. The summed E-state index contributed by atoms with van der Waals surface area (Å²) < 4.78 is 10.9. The zero-order valence-corrected chi connectivity index (χ0v) is 14.6. The highest BCUT2D eigenvalue weighted by molar-refractivity contribution is 7.80. The molecule has 8 heteroatoms. The predicted molar refractivity (Wildman–Crippen MR) is 96.8 cm³/mol. The molecule has 0 aliphatic carbocycles. The monoisotopic (exact) mass is 345 g/mol. The lowest BCUT2D eigenvalue weighted by Gasteiger charge is -2.09. The van der Waals surface area contributed by atoms with E-state index in [1.54, 1.807) is 19.4 Å². The van der Waals surface area contributed by atoms with Crippen molar-refractivity contribution in [1.82, 2.24) is 20.7 Å². The molecule has 0 saturated heterocycles. The maximum atomic E-state index is 5.77. The van der Waals surface area contributed by atoms with Crippen LogP contribution in [0.4, 0.5) is 0 Å². The molecule has 126 valence electrons. The van der Waals surface area contributed by atoms with Crippen LogP contribution in [0.15, 0.2) is 35.4 Å². The number of aromatic nitrogens is 2. The summed E-state index contributed by atoms with van der Waals surface area (Å²) in [5.74, 6) is 1.02. The molecule has 0 fully saturated rings. The highest BCUT2D eigenvalue weighted by atomic mass is 32.1. The molecular formula is C16H19N5O2S. The summed E-state index contributed by atoms with van der Waals surface area (Å²) in [5.41, 5.74) is 4.24. The van der Waals surface area contributed by atoms with Crippen LogP contribution in [0.5, 0.6) is 17.6 Å². The normalized spacial score (nSPS) is 10.5. The molecule has 0 aliphatic heterocycles. The third-order valence-electron chi connectivity index (χ3n) is 2.85. The summed E-state index contributed by atoms with van der Waals surface area (Å²) in [6.07, 6.45) is 1.62. The minimum Gasteiger partial charge on any atom is -0.481 e. The van der Waals surface area contributed by atoms with E-state index in [2.05, 4.69) is 25.8 Å². The van der Waals surface area contributed by atoms with E-state index in [0.717, 1.165) is 17.8 Å². The summed E-state index contributed by atoms with van der Waals surface area (Å²) in [6.45, 7) is 4.53. The van der Waals surface area contributed by atoms with Crippen LogP contribution in [0, 0.1) is 6.92 Å². The summed E-state index contributed by atoms with van der Waals surface area (Å²) in [6, 6.07) is 9.35. The summed E-state index contributed by atoms with van der Waals surface area (Å²) >= 11 is 5.05. The number of nitrogens with zero attached hydrogens (tertiary/aromatic N) is 3. The fourth-order valence-corrected chi connectivity index (χ4v) is 2.00. The molecule has 2 aromatic rings. The quantitative estimate of drug-likeness (QED) is 0.473. The molecule has 24 heavy (non-hydrogen) atoms. The predicted octanol–water partition coefficient (Wildman–Crippen LogP) is 2.40. The van der Waals surface area contributed by atoms with Gasteiger partial charge in [0.25, 0.3) is 0 Å². The first-order valence-corrected chi connectivity index (χ1v) is 7.76. The van der Waals surface area contributed by atoms with Crippen LogP contribution in [0.25, 0.3) is 0 Å². The minimum atomic E-state index is 0.212. The van der Waals surface area contributed by atoms with Gasteiger partial charge in [0.2, 0.25) is 5.88 Å². The highest BCUT2D eigenvalue weighted by Gasteiger charge is 2.07. The molecule has 0 unspecified atom stereocenters. The van der Waals surface area contributed by atoms with Gasteiger partial charge in [0.15, 0.2) is 5.11 Å². The van der Waals surface area contributed by atoms with Gasteiger partial charge < -0.3 is 14.8 Å². The maximum absolute atomic E-state index is 5.77. The molecule has 0 amide bonds. The second-order valence-corrected chi connectivity index (χ2v) is 5.11. The number of thiocarbonyl (C=S) groups is 1. The van der Waals surface area contributed by atoms with Crippen LogP contribution in [-0.4, -0.2) is 34.9 Å². The Morgan fingerprint density at radius 1 is 1.33 bits per heavy atom. The number of para-hydroxylation sites is 1. The molecular weight excluding hydrogens is 326 g/mol.